The predicted molar refractivity (Wildman–Crippen MR) is 52.7 cm³/mol. The van der Waals surface area contributed by atoms with E-state index >= 15 is 0 Å². The van der Waals surface area contributed by atoms with Crippen LogP contribution in [0.15, 0.2) is 17.0 Å². The molecule has 0 aliphatic heterocycles. The summed E-state index contributed by atoms with van der Waals surface area (Å²) in [6.07, 6.45) is 1.69. The molecular weight excluding hydrogens is 190 g/mol. The number of thioether (sulfide) groups is 1. The fourth-order valence-corrected chi connectivity index (χ4v) is 1.82. The number of benzene rings is 1. The lowest BCUT2D eigenvalue weighted by Crippen LogP contribution is -2.32. The van der Waals surface area contributed by atoms with Gasteiger partial charge in [0, 0.05) is 4.90 Å². The Morgan fingerprint density at radius 1 is 1.38 bits per heavy atom. The number of rotatable bonds is 2. The van der Waals surface area contributed by atoms with Gasteiger partial charge < -0.3 is 10.0 Å². The highest BCUT2D eigenvalue weighted by Gasteiger charge is 2.18. The Labute approximate surface area is 80.9 Å². The molecule has 2 nitrogen and oxygen atoms in total. The van der Waals surface area contributed by atoms with Crippen LogP contribution in [0, 0.1) is 12.7 Å². The molecule has 0 heterocycles. The monoisotopic (exact) mass is 200 g/mol. The van der Waals surface area contributed by atoms with Gasteiger partial charge in [-0.2, -0.15) is 0 Å². The molecule has 0 bridgehead atoms. The second-order valence-electron chi connectivity index (χ2n) is 2.74. The minimum Gasteiger partial charge on any atom is -0.423 e. The summed E-state index contributed by atoms with van der Waals surface area (Å²) in [5.41, 5.74) is 0.906. The molecule has 1 aromatic rings. The largest absolute Gasteiger partial charge is 0.489 e. The second-order valence-corrected chi connectivity index (χ2v) is 3.56. The van der Waals surface area contributed by atoms with Crippen molar-refractivity contribution in [1.29, 1.82) is 0 Å². The highest BCUT2D eigenvalue weighted by molar-refractivity contribution is 7.98. The van der Waals surface area contributed by atoms with Gasteiger partial charge >= 0.3 is 7.12 Å². The molecule has 2 N–H and O–H groups in total. The first-order valence-corrected chi connectivity index (χ1v) is 4.99. The predicted octanol–water partition coefficient (Wildman–Crippen LogP) is 0.536. The van der Waals surface area contributed by atoms with Gasteiger partial charge in [0.05, 0.1) is 0 Å². The lowest BCUT2D eigenvalue weighted by atomic mass is 9.79. The van der Waals surface area contributed by atoms with Crippen molar-refractivity contribution in [2.45, 2.75) is 11.8 Å². The molecule has 0 aliphatic rings. The van der Waals surface area contributed by atoms with Crippen LogP contribution in [0.1, 0.15) is 5.56 Å². The molecule has 0 fully saturated rings. The number of hydrogen-bond donors (Lipinski definition) is 2. The van der Waals surface area contributed by atoms with Crippen LogP contribution in [0.25, 0.3) is 0 Å². The summed E-state index contributed by atoms with van der Waals surface area (Å²) in [5.74, 6) is -0.407. The normalized spacial score (nSPS) is 10.2. The molecule has 1 aromatic carbocycles. The molecule has 0 spiro atoms. The molecule has 5 heteroatoms. The van der Waals surface area contributed by atoms with Gasteiger partial charge in [-0.1, -0.05) is 6.07 Å². The van der Waals surface area contributed by atoms with Crippen molar-refractivity contribution in [2.24, 2.45) is 0 Å². The zero-order chi connectivity index (χ0) is 10.0. The molecular formula is C8H10BFO2S. The van der Waals surface area contributed by atoms with Crippen LogP contribution >= 0.6 is 11.8 Å². The standard InChI is InChI=1S/C8H10BFO2S/c1-5-3-6(9(11)12)8(13-2)7(10)4-5/h3-4,11-12H,1-2H3. The maximum absolute atomic E-state index is 13.2. The van der Waals surface area contributed by atoms with E-state index in [9.17, 15) is 4.39 Å². The number of halogens is 1. The van der Waals surface area contributed by atoms with Crippen LogP contribution in [0.5, 0.6) is 0 Å². The van der Waals surface area contributed by atoms with Gasteiger partial charge in [0.15, 0.2) is 0 Å². The van der Waals surface area contributed by atoms with Crippen LogP contribution in [-0.4, -0.2) is 23.4 Å². The molecule has 0 radical (unpaired) electrons. The summed E-state index contributed by atoms with van der Waals surface area (Å²) in [4.78, 5) is 0.292. The van der Waals surface area contributed by atoms with E-state index in [0.29, 0.717) is 10.5 Å². The third-order valence-corrected chi connectivity index (χ3v) is 2.54. The van der Waals surface area contributed by atoms with E-state index in [2.05, 4.69) is 0 Å². The molecule has 70 valence electrons. The van der Waals surface area contributed by atoms with E-state index in [0.717, 1.165) is 11.8 Å². The van der Waals surface area contributed by atoms with Crippen molar-refractivity contribution in [1.82, 2.24) is 0 Å². The highest BCUT2D eigenvalue weighted by atomic mass is 32.2. The molecule has 0 saturated carbocycles. The molecule has 1 rings (SSSR count). The summed E-state index contributed by atoms with van der Waals surface area (Å²) >= 11 is 1.16. The molecule has 0 aromatic heterocycles. The van der Waals surface area contributed by atoms with Crippen molar-refractivity contribution in [3.63, 3.8) is 0 Å². The summed E-state index contributed by atoms with van der Waals surface area (Å²) in [6.45, 7) is 1.71. The smallest absolute Gasteiger partial charge is 0.423 e. The van der Waals surface area contributed by atoms with Crippen LogP contribution < -0.4 is 5.46 Å². The zero-order valence-electron chi connectivity index (χ0n) is 7.41. The van der Waals surface area contributed by atoms with E-state index in [1.54, 1.807) is 19.2 Å². The number of aryl methyl sites for hydroxylation is 1. The SMILES string of the molecule is CSc1c(F)cc(C)cc1B(O)O. The fraction of sp³-hybridized carbons (Fsp3) is 0.250. The first-order valence-electron chi connectivity index (χ1n) is 3.76. The van der Waals surface area contributed by atoms with Gasteiger partial charge in [0.25, 0.3) is 0 Å². The Morgan fingerprint density at radius 3 is 2.46 bits per heavy atom. The maximum Gasteiger partial charge on any atom is 0.489 e. The fourth-order valence-electron chi connectivity index (χ4n) is 1.16. The molecule has 13 heavy (non-hydrogen) atoms. The summed E-state index contributed by atoms with van der Waals surface area (Å²) in [7, 11) is -1.61. The second kappa shape index (κ2) is 4.13. The van der Waals surface area contributed by atoms with Crippen LogP contribution in [0.2, 0.25) is 0 Å². The Balaban J connectivity index is 3.29. The lowest BCUT2D eigenvalue weighted by Gasteiger charge is -2.08. The Kier molecular flexibility index (Phi) is 3.36. The van der Waals surface area contributed by atoms with Crippen molar-refractivity contribution >= 4 is 24.3 Å². The highest BCUT2D eigenvalue weighted by Crippen LogP contribution is 2.18. The van der Waals surface area contributed by atoms with Gasteiger partial charge in [-0.25, -0.2) is 4.39 Å². The van der Waals surface area contributed by atoms with Crippen LogP contribution in [0.3, 0.4) is 0 Å². The van der Waals surface area contributed by atoms with E-state index in [-0.39, 0.29) is 5.46 Å². The third-order valence-electron chi connectivity index (χ3n) is 1.70. The molecule has 0 saturated heterocycles. The Hall–Kier alpha value is -0.515. The average molecular weight is 200 g/mol. The van der Waals surface area contributed by atoms with Gasteiger partial charge in [-0.3, -0.25) is 0 Å². The molecule has 0 aliphatic carbocycles. The van der Waals surface area contributed by atoms with Crippen LogP contribution in [0.4, 0.5) is 4.39 Å². The molecule has 0 unspecified atom stereocenters. The maximum atomic E-state index is 13.2. The van der Waals surface area contributed by atoms with Crippen LogP contribution in [-0.2, 0) is 0 Å². The third kappa shape index (κ3) is 2.24. The topological polar surface area (TPSA) is 40.5 Å². The van der Waals surface area contributed by atoms with E-state index < -0.39 is 12.9 Å². The van der Waals surface area contributed by atoms with Gasteiger partial charge in [-0.05, 0) is 30.3 Å². The molecule has 0 atom stereocenters. The van der Waals surface area contributed by atoms with E-state index in [1.807, 2.05) is 0 Å². The number of hydrogen-bond acceptors (Lipinski definition) is 3. The van der Waals surface area contributed by atoms with Gasteiger partial charge in [0.2, 0.25) is 0 Å². The zero-order valence-corrected chi connectivity index (χ0v) is 8.23. The van der Waals surface area contributed by atoms with Crippen molar-refractivity contribution in [2.75, 3.05) is 6.26 Å². The summed E-state index contributed by atoms with van der Waals surface area (Å²) < 4.78 is 13.2. The Bertz CT molecular complexity index is 317. The molecule has 0 amide bonds. The summed E-state index contributed by atoms with van der Waals surface area (Å²) in [6, 6.07) is 2.94. The first-order chi connectivity index (χ1) is 6.06. The summed E-state index contributed by atoms with van der Waals surface area (Å²) in [5, 5.41) is 17.9. The minimum absolute atomic E-state index is 0.227. The first kappa shape index (κ1) is 10.6. The van der Waals surface area contributed by atoms with Gasteiger partial charge in [0.1, 0.15) is 5.82 Å². The lowest BCUT2D eigenvalue weighted by molar-refractivity contribution is 0.424. The quantitative estimate of drug-likeness (QED) is 0.540. The average Bonchev–Trinajstić information content (AvgIpc) is 2.02. The Morgan fingerprint density at radius 2 is 2.00 bits per heavy atom. The minimum atomic E-state index is -1.61. The van der Waals surface area contributed by atoms with E-state index in [1.165, 1.54) is 6.07 Å². The van der Waals surface area contributed by atoms with Crippen molar-refractivity contribution in [3.05, 3.63) is 23.5 Å². The van der Waals surface area contributed by atoms with Crippen molar-refractivity contribution in [3.8, 4) is 0 Å². The van der Waals surface area contributed by atoms with Gasteiger partial charge in [-0.15, -0.1) is 11.8 Å². The van der Waals surface area contributed by atoms with Crippen molar-refractivity contribution < 1.29 is 14.4 Å². The van der Waals surface area contributed by atoms with E-state index in [4.69, 9.17) is 10.0 Å².